The molecule has 0 aliphatic heterocycles. The molecule has 0 amide bonds. The van der Waals surface area contributed by atoms with E-state index in [1.807, 2.05) is 30.3 Å². The summed E-state index contributed by atoms with van der Waals surface area (Å²) in [5, 5.41) is 18.7. The number of phenolic OH excluding ortho intramolecular Hbond substituents is 2. The van der Waals surface area contributed by atoms with Crippen LogP contribution in [-0.2, 0) is 0 Å². The SMILES string of the molecule is CCN(CC)c1cccc(O)c1.CCN(CC)c1ccccc1O. The fraction of sp³-hybridized carbons (Fsp3) is 0.400. The Kier molecular flexibility index (Phi) is 8.55. The van der Waals surface area contributed by atoms with Crippen LogP contribution >= 0.6 is 0 Å². The van der Waals surface area contributed by atoms with Gasteiger partial charge in [0, 0.05) is 37.9 Å². The third-order valence-corrected chi connectivity index (χ3v) is 3.94. The van der Waals surface area contributed by atoms with Crippen LogP contribution in [0, 0.1) is 0 Å². The first kappa shape index (κ1) is 19.7. The maximum atomic E-state index is 9.50. The third kappa shape index (κ3) is 5.69. The number of aromatic hydroxyl groups is 2. The van der Waals surface area contributed by atoms with E-state index in [-0.39, 0.29) is 0 Å². The Labute approximate surface area is 146 Å². The Bertz CT molecular complexity index is 594. The van der Waals surface area contributed by atoms with Gasteiger partial charge in [-0.1, -0.05) is 18.2 Å². The number of anilines is 2. The van der Waals surface area contributed by atoms with E-state index < -0.39 is 0 Å². The lowest BCUT2D eigenvalue weighted by Crippen LogP contribution is -2.21. The second kappa shape index (κ2) is 10.4. The number of rotatable bonds is 6. The first-order valence-electron chi connectivity index (χ1n) is 8.64. The predicted molar refractivity (Wildman–Crippen MR) is 103 cm³/mol. The first-order chi connectivity index (χ1) is 11.6. The minimum absolute atomic E-state index is 0.333. The highest BCUT2D eigenvalue weighted by Crippen LogP contribution is 2.25. The molecule has 0 atom stereocenters. The van der Waals surface area contributed by atoms with Gasteiger partial charge in [0.05, 0.1) is 5.69 Å². The van der Waals surface area contributed by atoms with Crippen LogP contribution in [0.3, 0.4) is 0 Å². The molecule has 0 radical (unpaired) electrons. The highest BCUT2D eigenvalue weighted by atomic mass is 16.3. The Morgan fingerprint density at radius 2 is 1.29 bits per heavy atom. The molecule has 2 aromatic rings. The quantitative estimate of drug-likeness (QED) is 0.820. The van der Waals surface area contributed by atoms with Crippen LogP contribution in [0.4, 0.5) is 11.4 Å². The zero-order chi connectivity index (χ0) is 17.9. The number of benzene rings is 2. The van der Waals surface area contributed by atoms with Gasteiger partial charge in [0.2, 0.25) is 0 Å². The second-order valence-corrected chi connectivity index (χ2v) is 5.35. The van der Waals surface area contributed by atoms with Crippen molar-refractivity contribution in [1.29, 1.82) is 0 Å². The van der Waals surface area contributed by atoms with Gasteiger partial charge in [-0.05, 0) is 52.0 Å². The van der Waals surface area contributed by atoms with Gasteiger partial charge < -0.3 is 20.0 Å². The van der Waals surface area contributed by atoms with Crippen LogP contribution in [0.15, 0.2) is 48.5 Å². The van der Waals surface area contributed by atoms with E-state index in [4.69, 9.17) is 0 Å². The summed E-state index contributed by atoms with van der Waals surface area (Å²) in [5.41, 5.74) is 2.00. The summed E-state index contributed by atoms with van der Waals surface area (Å²) < 4.78 is 0. The Hall–Kier alpha value is -2.36. The zero-order valence-corrected chi connectivity index (χ0v) is 15.2. The molecule has 2 aromatic carbocycles. The first-order valence-corrected chi connectivity index (χ1v) is 8.64. The lowest BCUT2D eigenvalue weighted by Gasteiger charge is -2.21. The van der Waals surface area contributed by atoms with Crippen LogP contribution in [0.1, 0.15) is 27.7 Å². The number of hydrogen-bond acceptors (Lipinski definition) is 4. The van der Waals surface area contributed by atoms with Crippen molar-refractivity contribution in [3.05, 3.63) is 48.5 Å². The van der Waals surface area contributed by atoms with Crippen molar-refractivity contribution in [2.45, 2.75) is 27.7 Å². The number of hydrogen-bond donors (Lipinski definition) is 2. The highest BCUT2D eigenvalue weighted by molar-refractivity contribution is 5.57. The lowest BCUT2D eigenvalue weighted by atomic mass is 10.2. The number of para-hydroxylation sites is 2. The van der Waals surface area contributed by atoms with Crippen LogP contribution in [0.2, 0.25) is 0 Å². The van der Waals surface area contributed by atoms with E-state index in [9.17, 15) is 10.2 Å². The van der Waals surface area contributed by atoms with Gasteiger partial charge in [-0.3, -0.25) is 0 Å². The molecule has 24 heavy (non-hydrogen) atoms. The van der Waals surface area contributed by atoms with E-state index in [0.29, 0.717) is 11.5 Å². The summed E-state index contributed by atoms with van der Waals surface area (Å²) in [6.07, 6.45) is 0. The second-order valence-electron chi connectivity index (χ2n) is 5.35. The van der Waals surface area contributed by atoms with Gasteiger partial charge in [0.25, 0.3) is 0 Å². The molecular formula is C20H30N2O2. The Morgan fingerprint density at radius 1 is 0.708 bits per heavy atom. The van der Waals surface area contributed by atoms with Crippen molar-refractivity contribution in [2.75, 3.05) is 36.0 Å². The van der Waals surface area contributed by atoms with Gasteiger partial charge in [-0.25, -0.2) is 0 Å². The molecule has 4 heteroatoms. The molecule has 0 saturated carbocycles. The minimum Gasteiger partial charge on any atom is -0.508 e. The Balaban J connectivity index is 0.000000240. The molecule has 0 heterocycles. The van der Waals surface area contributed by atoms with Gasteiger partial charge in [0.15, 0.2) is 0 Å². The Morgan fingerprint density at radius 3 is 1.79 bits per heavy atom. The van der Waals surface area contributed by atoms with Crippen molar-refractivity contribution in [1.82, 2.24) is 0 Å². The molecule has 0 bridgehead atoms. The fourth-order valence-electron chi connectivity index (χ4n) is 2.57. The maximum Gasteiger partial charge on any atom is 0.138 e. The van der Waals surface area contributed by atoms with Crippen LogP contribution < -0.4 is 9.80 Å². The molecular weight excluding hydrogens is 300 g/mol. The van der Waals surface area contributed by atoms with Crippen molar-refractivity contribution in [3.8, 4) is 11.5 Å². The van der Waals surface area contributed by atoms with Gasteiger partial charge >= 0.3 is 0 Å². The van der Waals surface area contributed by atoms with Crippen LogP contribution in [0.25, 0.3) is 0 Å². The average Bonchev–Trinajstić information content (AvgIpc) is 2.59. The molecule has 2 N–H and O–H groups in total. The van der Waals surface area contributed by atoms with E-state index in [1.165, 1.54) is 0 Å². The molecule has 0 unspecified atom stereocenters. The topological polar surface area (TPSA) is 46.9 Å². The van der Waals surface area contributed by atoms with E-state index >= 15 is 0 Å². The zero-order valence-electron chi connectivity index (χ0n) is 15.2. The molecule has 132 valence electrons. The molecule has 0 saturated heterocycles. The normalized spacial score (nSPS) is 9.83. The standard InChI is InChI=1S/2C10H15NO/c1-3-11(4-2)9-6-5-7-10(12)8-9;1-3-11(4-2)9-7-5-6-8-10(9)12/h2*5-8,12H,3-4H2,1-2H3. The molecule has 0 aromatic heterocycles. The van der Waals surface area contributed by atoms with Crippen molar-refractivity contribution >= 4 is 11.4 Å². The molecule has 4 nitrogen and oxygen atoms in total. The fourth-order valence-corrected chi connectivity index (χ4v) is 2.57. The van der Waals surface area contributed by atoms with E-state index in [1.54, 1.807) is 18.2 Å². The molecule has 0 aliphatic carbocycles. The maximum absolute atomic E-state index is 9.50. The third-order valence-electron chi connectivity index (χ3n) is 3.94. The van der Waals surface area contributed by atoms with Crippen LogP contribution in [0.5, 0.6) is 11.5 Å². The van der Waals surface area contributed by atoms with E-state index in [2.05, 4.69) is 37.5 Å². The van der Waals surface area contributed by atoms with E-state index in [0.717, 1.165) is 37.6 Å². The monoisotopic (exact) mass is 330 g/mol. The molecule has 0 aliphatic rings. The highest BCUT2D eigenvalue weighted by Gasteiger charge is 2.04. The molecule has 0 fully saturated rings. The summed E-state index contributed by atoms with van der Waals surface area (Å²) >= 11 is 0. The lowest BCUT2D eigenvalue weighted by molar-refractivity contribution is 0.474. The average molecular weight is 330 g/mol. The smallest absolute Gasteiger partial charge is 0.138 e. The molecule has 0 spiro atoms. The van der Waals surface area contributed by atoms with Gasteiger partial charge in [0.1, 0.15) is 11.5 Å². The summed E-state index contributed by atoms with van der Waals surface area (Å²) in [6, 6.07) is 14.8. The van der Waals surface area contributed by atoms with Gasteiger partial charge in [-0.15, -0.1) is 0 Å². The van der Waals surface area contributed by atoms with Crippen molar-refractivity contribution in [3.63, 3.8) is 0 Å². The summed E-state index contributed by atoms with van der Waals surface area (Å²) in [6.45, 7) is 12.2. The summed E-state index contributed by atoms with van der Waals surface area (Å²) in [5.74, 6) is 0.695. The number of phenols is 2. The predicted octanol–water partition coefficient (Wildman–Crippen LogP) is 4.48. The minimum atomic E-state index is 0.333. The summed E-state index contributed by atoms with van der Waals surface area (Å²) in [7, 11) is 0. The summed E-state index contributed by atoms with van der Waals surface area (Å²) in [4.78, 5) is 4.31. The van der Waals surface area contributed by atoms with Crippen molar-refractivity contribution in [2.24, 2.45) is 0 Å². The largest absolute Gasteiger partial charge is 0.508 e. The van der Waals surface area contributed by atoms with Crippen LogP contribution in [-0.4, -0.2) is 36.4 Å². The molecule has 2 rings (SSSR count). The van der Waals surface area contributed by atoms with Gasteiger partial charge in [-0.2, -0.15) is 0 Å². The van der Waals surface area contributed by atoms with Crippen molar-refractivity contribution < 1.29 is 10.2 Å². The number of nitrogens with zero attached hydrogens (tertiary/aromatic N) is 2.